The van der Waals surface area contributed by atoms with Gasteiger partial charge in [0.05, 0.1) is 0 Å². The molecule has 0 aliphatic heterocycles. The number of aryl methyl sites for hydroxylation is 1. The average Bonchev–Trinajstić information content (AvgIpc) is 2.45. The van der Waals surface area contributed by atoms with Gasteiger partial charge in [-0.05, 0) is 36.1 Å². The third kappa shape index (κ3) is 3.68. The molecule has 2 aromatic carbocycles. The Balaban J connectivity index is 2.04. The van der Waals surface area contributed by atoms with E-state index in [2.05, 4.69) is 77.6 Å². The van der Waals surface area contributed by atoms with E-state index < -0.39 is 0 Å². The molecule has 2 heteroatoms. The molecule has 0 heterocycles. The summed E-state index contributed by atoms with van der Waals surface area (Å²) in [4.78, 5) is 0. The third-order valence-corrected chi connectivity index (χ3v) is 4.19. The van der Waals surface area contributed by atoms with Crippen LogP contribution in [0.4, 0.5) is 0 Å². The summed E-state index contributed by atoms with van der Waals surface area (Å²) in [6.07, 6.45) is 1.08. The molecule has 2 aromatic rings. The van der Waals surface area contributed by atoms with Crippen molar-refractivity contribution in [2.75, 3.05) is 0 Å². The van der Waals surface area contributed by atoms with E-state index in [9.17, 15) is 0 Å². The smallest absolute Gasteiger partial charge is 0.0306 e. The molecule has 1 N–H and O–H groups in total. The predicted octanol–water partition coefficient (Wildman–Crippen LogP) is 4.86. The zero-order chi connectivity index (χ0) is 13.7. The van der Waals surface area contributed by atoms with Gasteiger partial charge in [0, 0.05) is 17.1 Å². The summed E-state index contributed by atoms with van der Waals surface area (Å²) in [5.74, 6) is 0. The second-order valence-corrected chi connectivity index (χ2v) is 5.60. The predicted molar refractivity (Wildman–Crippen MR) is 85.2 cm³/mol. The van der Waals surface area contributed by atoms with Gasteiger partial charge in [0.25, 0.3) is 0 Å². The first-order valence-electron chi connectivity index (χ1n) is 6.77. The van der Waals surface area contributed by atoms with E-state index in [-0.39, 0.29) is 0 Å². The Morgan fingerprint density at radius 3 is 2.32 bits per heavy atom. The molecule has 0 aliphatic rings. The van der Waals surface area contributed by atoms with E-state index in [4.69, 9.17) is 0 Å². The van der Waals surface area contributed by atoms with Crippen molar-refractivity contribution in [2.24, 2.45) is 0 Å². The lowest BCUT2D eigenvalue weighted by Crippen LogP contribution is -2.19. The van der Waals surface area contributed by atoms with Gasteiger partial charge in [-0.2, -0.15) is 0 Å². The van der Waals surface area contributed by atoms with Crippen molar-refractivity contribution >= 4 is 15.9 Å². The minimum absolute atomic E-state index is 0.334. The molecular weight excluding hydrogens is 298 g/mol. The van der Waals surface area contributed by atoms with E-state index >= 15 is 0 Å². The molecule has 0 radical (unpaired) electrons. The SMILES string of the molecule is CCc1ccccc1CN[C@H](C)c1ccccc1Br. The third-order valence-electron chi connectivity index (χ3n) is 3.47. The van der Waals surface area contributed by atoms with Crippen LogP contribution in [0.2, 0.25) is 0 Å². The van der Waals surface area contributed by atoms with Crippen LogP contribution in [0.25, 0.3) is 0 Å². The highest BCUT2D eigenvalue weighted by atomic mass is 79.9. The van der Waals surface area contributed by atoms with Gasteiger partial charge >= 0.3 is 0 Å². The molecule has 0 amide bonds. The highest BCUT2D eigenvalue weighted by molar-refractivity contribution is 9.10. The Morgan fingerprint density at radius 1 is 1.00 bits per heavy atom. The fraction of sp³-hybridized carbons (Fsp3) is 0.294. The number of halogens is 1. The molecule has 1 nitrogen and oxygen atoms in total. The van der Waals surface area contributed by atoms with Gasteiger partial charge in [0.2, 0.25) is 0 Å². The monoisotopic (exact) mass is 317 g/mol. The molecular formula is C17H20BrN. The van der Waals surface area contributed by atoms with Crippen molar-refractivity contribution in [3.63, 3.8) is 0 Å². The van der Waals surface area contributed by atoms with Gasteiger partial charge < -0.3 is 5.32 Å². The van der Waals surface area contributed by atoms with Gasteiger partial charge in [-0.25, -0.2) is 0 Å². The lowest BCUT2D eigenvalue weighted by molar-refractivity contribution is 0.571. The normalized spacial score (nSPS) is 12.4. The summed E-state index contributed by atoms with van der Waals surface area (Å²) >= 11 is 3.61. The summed E-state index contributed by atoms with van der Waals surface area (Å²) in [7, 11) is 0. The van der Waals surface area contributed by atoms with Crippen LogP contribution in [-0.4, -0.2) is 0 Å². The Bertz CT molecular complexity index is 536. The molecule has 0 saturated heterocycles. The fourth-order valence-electron chi connectivity index (χ4n) is 2.27. The van der Waals surface area contributed by atoms with Gasteiger partial charge in [-0.1, -0.05) is 65.3 Å². The van der Waals surface area contributed by atoms with Crippen LogP contribution in [0.1, 0.15) is 36.6 Å². The van der Waals surface area contributed by atoms with E-state index in [0.717, 1.165) is 13.0 Å². The van der Waals surface area contributed by atoms with Crippen LogP contribution in [0.3, 0.4) is 0 Å². The Kier molecular flexibility index (Phi) is 5.17. The zero-order valence-electron chi connectivity index (χ0n) is 11.5. The number of hydrogen-bond acceptors (Lipinski definition) is 1. The lowest BCUT2D eigenvalue weighted by Gasteiger charge is -2.17. The number of rotatable bonds is 5. The maximum atomic E-state index is 3.61. The van der Waals surface area contributed by atoms with E-state index in [1.807, 2.05) is 6.07 Å². The Hall–Kier alpha value is -1.12. The number of nitrogens with one attached hydrogen (secondary N) is 1. The first kappa shape index (κ1) is 14.3. The zero-order valence-corrected chi connectivity index (χ0v) is 13.1. The van der Waals surface area contributed by atoms with Crippen molar-refractivity contribution in [1.29, 1.82) is 0 Å². The second-order valence-electron chi connectivity index (χ2n) is 4.75. The van der Waals surface area contributed by atoms with Crippen molar-refractivity contribution in [3.8, 4) is 0 Å². The molecule has 0 unspecified atom stereocenters. The molecule has 19 heavy (non-hydrogen) atoms. The average molecular weight is 318 g/mol. The van der Waals surface area contributed by atoms with Crippen LogP contribution < -0.4 is 5.32 Å². The second kappa shape index (κ2) is 6.88. The van der Waals surface area contributed by atoms with E-state index in [0.29, 0.717) is 6.04 Å². The standard InChI is InChI=1S/C17H20BrN/c1-3-14-8-4-5-9-15(14)12-19-13(2)16-10-6-7-11-17(16)18/h4-11,13,19H,3,12H2,1-2H3/t13-/m1/s1. The maximum Gasteiger partial charge on any atom is 0.0306 e. The maximum absolute atomic E-state index is 3.61. The molecule has 100 valence electrons. The summed E-state index contributed by atoms with van der Waals surface area (Å²) in [5.41, 5.74) is 4.12. The van der Waals surface area contributed by atoms with Crippen molar-refractivity contribution < 1.29 is 0 Å². The summed E-state index contributed by atoms with van der Waals surface area (Å²) in [6, 6.07) is 17.4. The van der Waals surface area contributed by atoms with Crippen molar-refractivity contribution in [2.45, 2.75) is 32.9 Å². The molecule has 2 rings (SSSR count). The molecule has 1 atom stereocenters. The molecule has 0 spiro atoms. The van der Waals surface area contributed by atoms with Crippen LogP contribution in [-0.2, 0) is 13.0 Å². The molecule has 0 bridgehead atoms. The van der Waals surface area contributed by atoms with Crippen molar-refractivity contribution in [3.05, 3.63) is 69.7 Å². The first-order valence-corrected chi connectivity index (χ1v) is 7.56. The first-order chi connectivity index (χ1) is 9.22. The molecule has 0 aromatic heterocycles. The molecule has 0 saturated carbocycles. The Labute approximate surface area is 124 Å². The highest BCUT2D eigenvalue weighted by Gasteiger charge is 2.08. The van der Waals surface area contributed by atoms with E-state index in [1.165, 1.54) is 21.2 Å². The highest BCUT2D eigenvalue weighted by Crippen LogP contribution is 2.23. The van der Waals surface area contributed by atoms with Crippen LogP contribution in [0, 0.1) is 0 Å². The van der Waals surface area contributed by atoms with Crippen molar-refractivity contribution in [1.82, 2.24) is 5.32 Å². The quantitative estimate of drug-likeness (QED) is 0.830. The van der Waals surface area contributed by atoms with Crippen LogP contribution in [0.15, 0.2) is 53.0 Å². The largest absolute Gasteiger partial charge is 0.306 e. The van der Waals surface area contributed by atoms with Gasteiger partial charge in [-0.3, -0.25) is 0 Å². The minimum atomic E-state index is 0.334. The summed E-state index contributed by atoms with van der Waals surface area (Å²) in [5, 5.41) is 3.60. The van der Waals surface area contributed by atoms with Crippen LogP contribution >= 0.6 is 15.9 Å². The van der Waals surface area contributed by atoms with E-state index in [1.54, 1.807) is 0 Å². The fourth-order valence-corrected chi connectivity index (χ4v) is 2.90. The van der Waals surface area contributed by atoms with Crippen LogP contribution in [0.5, 0.6) is 0 Å². The molecule has 0 fully saturated rings. The van der Waals surface area contributed by atoms with Gasteiger partial charge in [0.15, 0.2) is 0 Å². The van der Waals surface area contributed by atoms with Gasteiger partial charge in [-0.15, -0.1) is 0 Å². The number of hydrogen-bond donors (Lipinski definition) is 1. The lowest BCUT2D eigenvalue weighted by atomic mass is 10.0. The Morgan fingerprint density at radius 2 is 1.63 bits per heavy atom. The summed E-state index contributed by atoms with van der Waals surface area (Å²) in [6.45, 7) is 5.32. The number of benzene rings is 2. The minimum Gasteiger partial charge on any atom is -0.306 e. The molecule has 0 aliphatic carbocycles. The van der Waals surface area contributed by atoms with Gasteiger partial charge in [0.1, 0.15) is 0 Å². The summed E-state index contributed by atoms with van der Waals surface area (Å²) < 4.78 is 1.17. The topological polar surface area (TPSA) is 12.0 Å².